The van der Waals surface area contributed by atoms with Crippen LogP contribution in [-0.4, -0.2) is 35.4 Å². The van der Waals surface area contributed by atoms with Crippen molar-refractivity contribution in [3.63, 3.8) is 0 Å². The summed E-state index contributed by atoms with van der Waals surface area (Å²) in [4.78, 5) is 25.8. The molecule has 6 rings (SSSR count). The van der Waals surface area contributed by atoms with Crippen LogP contribution in [0.25, 0.3) is 0 Å². The van der Waals surface area contributed by atoms with E-state index in [1.54, 1.807) is 0 Å². The van der Waals surface area contributed by atoms with Crippen LogP contribution in [0.1, 0.15) is 78.6 Å². The lowest BCUT2D eigenvalue weighted by atomic mass is 9.40. The molecule has 4 bridgehead atoms. The van der Waals surface area contributed by atoms with Crippen LogP contribution in [-0.2, 0) is 19.1 Å². The number of ether oxygens (including phenoxy) is 2. The fourth-order valence-corrected chi connectivity index (χ4v) is 10.2. The third-order valence-corrected chi connectivity index (χ3v) is 12.1. The first kappa shape index (κ1) is 21.4. The van der Waals surface area contributed by atoms with Gasteiger partial charge in [0.1, 0.15) is 5.60 Å². The van der Waals surface area contributed by atoms with E-state index in [2.05, 4.69) is 36.7 Å². The van der Waals surface area contributed by atoms with E-state index < -0.39 is 5.60 Å². The number of fused-ring (bicyclic) bond motifs is 3. The fourth-order valence-electron chi connectivity index (χ4n) is 9.18. The Labute approximate surface area is 189 Å². The van der Waals surface area contributed by atoms with Gasteiger partial charge in [0.2, 0.25) is 0 Å². The van der Waals surface area contributed by atoms with E-state index in [0.29, 0.717) is 41.8 Å². The van der Waals surface area contributed by atoms with E-state index in [9.17, 15) is 9.59 Å². The van der Waals surface area contributed by atoms with Crippen molar-refractivity contribution in [3.8, 4) is 0 Å². The van der Waals surface area contributed by atoms with Gasteiger partial charge in [-0.05, 0) is 86.4 Å². The molecule has 1 spiro atoms. The molecule has 2 saturated heterocycles. The number of ketones is 1. The summed E-state index contributed by atoms with van der Waals surface area (Å²) >= 11 is 3.98. The van der Waals surface area contributed by atoms with E-state index in [-0.39, 0.29) is 27.7 Å². The van der Waals surface area contributed by atoms with E-state index in [4.69, 9.17) is 9.47 Å². The highest BCUT2D eigenvalue weighted by atomic mass is 79.9. The minimum absolute atomic E-state index is 0.00366. The van der Waals surface area contributed by atoms with Crippen molar-refractivity contribution in [3.05, 3.63) is 0 Å². The van der Waals surface area contributed by atoms with Gasteiger partial charge < -0.3 is 9.47 Å². The molecule has 2 aliphatic heterocycles. The van der Waals surface area contributed by atoms with Gasteiger partial charge in [-0.3, -0.25) is 9.59 Å². The number of hydrogen-bond donors (Lipinski definition) is 0. The van der Waals surface area contributed by atoms with Crippen LogP contribution in [0.3, 0.4) is 0 Å². The number of carbonyl (C=O) groups excluding carboxylic acids is 2. The van der Waals surface area contributed by atoms with Crippen molar-refractivity contribution in [1.29, 1.82) is 0 Å². The summed E-state index contributed by atoms with van der Waals surface area (Å²) in [5.74, 6) is 2.57. The molecule has 10 atom stereocenters. The number of hydrogen-bond acceptors (Lipinski definition) is 4. The zero-order chi connectivity index (χ0) is 21.5. The van der Waals surface area contributed by atoms with Gasteiger partial charge in [-0.1, -0.05) is 36.7 Å². The Hall–Kier alpha value is -0.420. The average molecular weight is 481 g/mol. The number of rotatable bonds is 4. The molecule has 0 unspecified atom stereocenters. The SMILES string of the molecule is COC(=O)CC[C@@H](C)[C@H]1CC[C@H]2[C@@H]3CC[C@H]4C[C@H]5CC[C@]4(C)[C@@]3(O5)C(=O)[C@H](Br)[C@]12C. The lowest BCUT2D eigenvalue weighted by Gasteiger charge is -2.71. The van der Waals surface area contributed by atoms with Crippen LogP contribution in [0.2, 0.25) is 0 Å². The summed E-state index contributed by atoms with van der Waals surface area (Å²) in [6, 6.07) is 0. The maximum atomic E-state index is 14.3. The van der Waals surface area contributed by atoms with Crippen LogP contribution in [0, 0.1) is 40.4 Å². The first-order chi connectivity index (χ1) is 14.2. The Morgan fingerprint density at radius 3 is 2.67 bits per heavy atom. The van der Waals surface area contributed by atoms with Gasteiger partial charge in [0.05, 0.1) is 18.0 Å². The van der Waals surface area contributed by atoms with Crippen molar-refractivity contribution < 1.29 is 19.1 Å². The summed E-state index contributed by atoms with van der Waals surface area (Å²) in [7, 11) is 1.46. The summed E-state index contributed by atoms with van der Waals surface area (Å²) in [6.45, 7) is 7.02. The first-order valence-electron chi connectivity index (χ1n) is 12.1. The molecule has 168 valence electrons. The quantitative estimate of drug-likeness (QED) is 0.404. The van der Waals surface area contributed by atoms with Gasteiger partial charge in [-0.15, -0.1) is 0 Å². The smallest absolute Gasteiger partial charge is 0.305 e. The number of carbonyl (C=O) groups is 2. The van der Waals surface area contributed by atoms with Gasteiger partial charge in [-0.25, -0.2) is 0 Å². The summed E-state index contributed by atoms with van der Waals surface area (Å²) in [5.41, 5.74) is -0.630. The predicted molar refractivity (Wildman–Crippen MR) is 118 cm³/mol. The van der Waals surface area contributed by atoms with Crippen molar-refractivity contribution in [1.82, 2.24) is 0 Å². The Balaban J connectivity index is 1.49. The Morgan fingerprint density at radius 2 is 1.93 bits per heavy atom. The summed E-state index contributed by atoms with van der Waals surface area (Å²) in [5, 5.41) is 0. The third-order valence-electron chi connectivity index (χ3n) is 10.7. The summed E-state index contributed by atoms with van der Waals surface area (Å²) in [6.07, 6.45) is 9.73. The Morgan fingerprint density at radius 1 is 1.20 bits per heavy atom. The maximum Gasteiger partial charge on any atom is 0.305 e. The van der Waals surface area contributed by atoms with Gasteiger partial charge in [0.25, 0.3) is 0 Å². The largest absolute Gasteiger partial charge is 0.469 e. The lowest BCUT2D eigenvalue weighted by Crippen LogP contribution is -2.77. The second-order valence-electron chi connectivity index (χ2n) is 11.5. The standard InChI is InChI=1S/C25H37BrO4/c1-14(5-10-20(27)29-4)17-8-9-18-19-7-6-15-13-16-11-12-23(15,2)25(19,30-16)22(28)21(26)24(17,18)3/h14-19,21H,5-13H2,1-4H3/t14-,15+,16-,17-,18+,19+,21+,23+,24-,25+/m1/s1. The van der Waals surface area contributed by atoms with Gasteiger partial charge in [0, 0.05) is 11.8 Å². The van der Waals surface area contributed by atoms with Gasteiger partial charge >= 0.3 is 5.97 Å². The van der Waals surface area contributed by atoms with Gasteiger partial charge in [0.15, 0.2) is 5.78 Å². The molecule has 0 aromatic carbocycles. The number of methoxy groups -OCH3 is 1. The molecule has 2 heterocycles. The number of halogens is 1. The summed E-state index contributed by atoms with van der Waals surface area (Å²) < 4.78 is 11.7. The highest BCUT2D eigenvalue weighted by Gasteiger charge is 2.77. The van der Waals surface area contributed by atoms with Crippen LogP contribution in [0.4, 0.5) is 0 Å². The molecule has 6 fully saturated rings. The third kappa shape index (κ3) is 2.48. The zero-order valence-corrected chi connectivity index (χ0v) is 20.5. The van der Waals surface area contributed by atoms with Crippen LogP contribution in [0.5, 0.6) is 0 Å². The monoisotopic (exact) mass is 480 g/mol. The lowest BCUT2D eigenvalue weighted by molar-refractivity contribution is -0.306. The molecule has 0 N–H and O–H groups in total. The highest BCUT2D eigenvalue weighted by molar-refractivity contribution is 9.10. The molecule has 0 amide bonds. The Kier molecular flexibility index (Phi) is 5.03. The molecular formula is C25H37BrO4. The van der Waals surface area contributed by atoms with E-state index >= 15 is 0 Å². The average Bonchev–Trinajstić information content (AvgIpc) is 3.08. The predicted octanol–water partition coefficient (Wildman–Crippen LogP) is 5.31. The number of esters is 1. The number of Topliss-reactive ketones (excluding diaryl/α,β-unsaturated/α-hetero) is 1. The second kappa shape index (κ2) is 7.04. The van der Waals surface area contributed by atoms with Crippen LogP contribution < -0.4 is 0 Å². The zero-order valence-electron chi connectivity index (χ0n) is 18.9. The van der Waals surface area contributed by atoms with Crippen LogP contribution >= 0.6 is 15.9 Å². The van der Waals surface area contributed by atoms with Crippen molar-refractivity contribution in [2.75, 3.05) is 7.11 Å². The molecule has 0 aromatic rings. The highest BCUT2D eigenvalue weighted by Crippen LogP contribution is 2.73. The topological polar surface area (TPSA) is 52.6 Å². The number of alkyl halides is 1. The minimum Gasteiger partial charge on any atom is -0.469 e. The van der Waals surface area contributed by atoms with E-state index in [1.807, 2.05) is 0 Å². The molecule has 0 aromatic heterocycles. The molecular weight excluding hydrogens is 444 g/mol. The van der Waals surface area contributed by atoms with E-state index in [0.717, 1.165) is 38.5 Å². The second-order valence-corrected chi connectivity index (χ2v) is 12.4. The molecule has 4 nitrogen and oxygen atoms in total. The first-order valence-corrected chi connectivity index (χ1v) is 13.0. The normalized spacial score (nSPS) is 52.5. The Bertz CT molecular complexity index is 753. The van der Waals surface area contributed by atoms with Gasteiger partial charge in [-0.2, -0.15) is 0 Å². The fraction of sp³-hybridized carbons (Fsp3) is 0.920. The molecule has 0 radical (unpaired) electrons. The van der Waals surface area contributed by atoms with Crippen LogP contribution in [0.15, 0.2) is 0 Å². The molecule has 4 aliphatic carbocycles. The van der Waals surface area contributed by atoms with Crippen molar-refractivity contribution in [2.45, 2.75) is 95.1 Å². The van der Waals surface area contributed by atoms with E-state index in [1.165, 1.54) is 20.0 Å². The van der Waals surface area contributed by atoms with Crippen molar-refractivity contribution >= 4 is 27.7 Å². The molecule has 5 heteroatoms. The van der Waals surface area contributed by atoms with Crippen molar-refractivity contribution in [2.24, 2.45) is 40.4 Å². The molecule has 30 heavy (non-hydrogen) atoms. The molecule has 6 aliphatic rings. The minimum atomic E-state index is -0.570. The molecule has 4 saturated carbocycles. The maximum absolute atomic E-state index is 14.3.